The van der Waals surface area contributed by atoms with Gasteiger partial charge in [-0.15, -0.1) is 0 Å². The van der Waals surface area contributed by atoms with E-state index in [1.165, 1.54) is 24.8 Å². The Kier molecular flexibility index (Phi) is 4.78. The zero-order chi connectivity index (χ0) is 20.0. The highest BCUT2D eigenvalue weighted by Gasteiger charge is 2.30. The lowest BCUT2D eigenvalue weighted by Gasteiger charge is -2.36. The highest BCUT2D eigenvalue weighted by atomic mass is 32.2. The molecule has 0 unspecified atom stereocenters. The Bertz CT molecular complexity index is 1040. The molecule has 1 aromatic heterocycles. The van der Waals surface area contributed by atoms with Crippen molar-refractivity contribution in [1.82, 2.24) is 9.47 Å². The number of thioether (sulfide) groups is 1. The van der Waals surface area contributed by atoms with Crippen LogP contribution in [0.3, 0.4) is 0 Å². The monoisotopic (exact) mass is 405 g/mol. The second-order valence-corrected chi connectivity index (χ2v) is 7.68. The van der Waals surface area contributed by atoms with Crippen LogP contribution in [0, 0.1) is 5.82 Å². The summed E-state index contributed by atoms with van der Waals surface area (Å²) in [5.41, 5.74) is 0.495. The number of aromatic nitrogens is 1. The summed E-state index contributed by atoms with van der Waals surface area (Å²) in [5, 5.41) is 0.741. The van der Waals surface area contributed by atoms with Crippen LogP contribution in [-0.2, 0) is 15.4 Å². The number of rotatable bonds is 3. The van der Waals surface area contributed by atoms with E-state index >= 15 is 0 Å². The van der Waals surface area contributed by atoms with Gasteiger partial charge in [0.15, 0.2) is 0 Å². The molecule has 2 aromatic rings. The molecule has 0 aliphatic carbocycles. The van der Waals surface area contributed by atoms with Gasteiger partial charge in [-0.3, -0.25) is 9.59 Å². The van der Waals surface area contributed by atoms with Crippen LogP contribution in [-0.4, -0.2) is 54.1 Å². The van der Waals surface area contributed by atoms with Crippen LogP contribution in [0.4, 0.5) is 10.1 Å². The van der Waals surface area contributed by atoms with Gasteiger partial charge in [-0.25, -0.2) is 9.18 Å². The Morgan fingerprint density at radius 1 is 1.21 bits per heavy atom. The minimum atomic E-state index is -0.671. The number of halogens is 1. The molecule has 148 valence electrons. The predicted molar refractivity (Wildman–Crippen MR) is 104 cm³/mol. The van der Waals surface area contributed by atoms with Crippen molar-refractivity contribution in [2.45, 2.75) is 24.8 Å². The molecule has 0 N–H and O–H groups in total. The van der Waals surface area contributed by atoms with Gasteiger partial charge in [0.1, 0.15) is 11.4 Å². The van der Waals surface area contributed by atoms with Crippen LogP contribution in [0.5, 0.6) is 0 Å². The molecule has 2 aliphatic rings. The molecule has 1 fully saturated rings. The molecular weight excluding hydrogens is 385 g/mol. The topological polar surface area (TPSA) is 71.8 Å². The zero-order valence-electron chi connectivity index (χ0n) is 15.7. The van der Waals surface area contributed by atoms with Crippen molar-refractivity contribution in [3.05, 3.63) is 33.7 Å². The molecule has 1 amide bonds. The minimum Gasteiger partial charge on any atom is -0.462 e. The highest BCUT2D eigenvalue weighted by molar-refractivity contribution is 7.99. The molecule has 2 aliphatic heterocycles. The van der Waals surface area contributed by atoms with Gasteiger partial charge in [-0.2, -0.15) is 0 Å². The number of amides is 1. The third-order valence-corrected chi connectivity index (χ3v) is 6.25. The summed E-state index contributed by atoms with van der Waals surface area (Å²) >= 11 is 1.40. The second-order valence-electron chi connectivity index (χ2n) is 6.75. The first-order chi connectivity index (χ1) is 13.4. The molecule has 0 saturated carbocycles. The quantitative estimate of drug-likeness (QED) is 0.728. The molecule has 1 saturated heterocycles. The van der Waals surface area contributed by atoms with Gasteiger partial charge in [0.25, 0.3) is 0 Å². The van der Waals surface area contributed by atoms with Crippen LogP contribution in [0.25, 0.3) is 10.9 Å². The van der Waals surface area contributed by atoms with Crippen molar-refractivity contribution in [2.24, 2.45) is 0 Å². The molecule has 28 heavy (non-hydrogen) atoms. The molecule has 9 heteroatoms. The van der Waals surface area contributed by atoms with Crippen LogP contribution in [0.1, 0.15) is 24.2 Å². The van der Waals surface area contributed by atoms with E-state index in [0.29, 0.717) is 48.3 Å². The summed E-state index contributed by atoms with van der Waals surface area (Å²) in [6.45, 7) is 5.47. The van der Waals surface area contributed by atoms with Gasteiger partial charge in [-0.05, 0) is 19.1 Å². The van der Waals surface area contributed by atoms with Gasteiger partial charge in [0.05, 0.1) is 28.7 Å². The summed E-state index contributed by atoms with van der Waals surface area (Å²) in [7, 11) is 0. The third kappa shape index (κ3) is 2.94. The first kappa shape index (κ1) is 18.8. The summed E-state index contributed by atoms with van der Waals surface area (Å²) in [4.78, 5) is 40.2. The first-order valence-corrected chi connectivity index (χ1v) is 10.1. The van der Waals surface area contributed by atoms with Gasteiger partial charge in [0.2, 0.25) is 11.3 Å². The summed E-state index contributed by atoms with van der Waals surface area (Å²) in [5.74, 6) is -0.588. The molecule has 7 nitrogen and oxygen atoms in total. The number of hydrogen-bond acceptors (Lipinski definition) is 6. The summed E-state index contributed by atoms with van der Waals surface area (Å²) in [6.07, 6.45) is 0. The molecule has 0 atom stereocenters. The van der Waals surface area contributed by atoms with E-state index in [4.69, 9.17) is 4.74 Å². The predicted octanol–water partition coefficient (Wildman–Crippen LogP) is 2.05. The maximum Gasteiger partial charge on any atom is 0.344 e. The number of carbonyl (C=O) groups excluding carboxylic acids is 2. The molecule has 0 spiro atoms. The summed E-state index contributed by atoms with van der Waals surface area (Å²) in [6, 6.07) is 2.89. The van der Waals surface area contributed by atoms with Crippen molar-refractivity contribution in [3.8, 4) is 0 Å². The molecule has 0 radical (unpaired) electrons. The fourth-order valence-electron chi connectivity index (χ4n) is 3.66. The third-order valence-electron chi connectivity index (χ3n) is 5.16. The van der Waals surface area contributed by atoms with Crippen LogP contribution in [0.2, 0.25) is 0 Å². The van der Waals surface area contributed by atoms with Crippen LogP contribution < -0.4 is 10.3 Å². The average molecular weight is 405 g/mol. The molecular formula is C19H20FN3O4S. The lowest BCUT2D eigenvalue weighted by molar-refractivity contribution is -0.129. The van der Waals surface area contributed by atoms with Crippen molar-refractivity contribution in [2.75, 3.05) is 37.7 Å². The van der Waals surface area contributed by atoms with Crippen LogP contribution in [0.15, 0.2) is 22.0 Å². The normalized spacial score (nSPS) is 16.0. The summed E-state index contributed by atoms with van der Waals surface area (Å²) < 4.78 is 21.7. The maximum absolute atomic E-state index is 14.9. The number of hydrogen-bond donors (Lipinski definition) is 0. The fourth-order valence-corrected chi connectivity index (χ4v) is 4.60. The van der Waals surface area contributed by atoms with Crippen molar-refractivity contribution < 1.29 is 18.7 Å². The highest BCUT2D eigenvalue weighted by Crippen LogP contribution is 2.38. The number of pyridine rings is 1. The Hall–Kier alpha value is -2.55. The fraction of sp³-hybridized carbons (Fsp3) is 0.421. The smallest absolute Gasteiger partial charge is 0.344 e. The SMILES string of the molecule is CCOC(=O)c1c2n(c3cc(N4CCN(C(C)=O)CC4)c(F)cc3c1=O)CS2. The van der Waals surface area contributed by atoms with E-state index in [0.717, 1.165) is 0 Å². The van der Waals surface area contributed by atoms with E-state index in [-0.39, 0.29) is 23.5 Å². The van der Waals surface area contributed by atoms with Crippen molar-refractivity contribution in [1.29, 1.82) is 0 Å². The standard InChI is InChI=1S/C19H20FN3O4S/c1-3-27-19(26)16-17(25)12-8-13(20)15(9-14(12)23-10-28-18(16)23)22-6-4-21(5-7-22)11(2)24/h8-9H,3-7,10H2,1-2H3. The molecule has 3 heterocycles. The number of fused-ring (bicyclic) bond motifs is 3. The average Bonchev–Trinajstić information content (AvgIpc) is 2.65. The molecule has 1 aromatic carbocycles. The van der Waals surface area contributed by atoms with Crippen molar-refractivity contribution in [3.63, 3.8) is 0 Å². The van der Waals surface area contributed by atoms with Crippen molar-refractivity contribution >= 4 is 40.2 Å². The van der Waals surface area contributed by atoms with E-state index in [9.17, 15) is 18.8 Å². The number of benzene rings is 1. The zero-order valence-corrected chi connectivity index (χ0v) is 16.5. The number of anilines is 1. The number of carbonyl (C=O) groups is 2. The second kappa shape index (κ2) is 7.12. The van der Waals surface area contributed by atoms with E-state index in [1.54, 1.807) is 17.9 Å². The van der Waals surface area contributed by atoms with E-state index in [1.807, 2.05) is 9.47 Å². The molecule has 4 rings (SSSR count). The van der Waals surface area contributed by atoms with Gasteiger partial charge in [-0.1, -0.05) is 11.8 Å². The van der Waals surface area contributed by atoms with Gasteiger partial charge >= 0.3 is 5.97 Å². The van der Waals surface area contributed by atoms with Gasteiger partial charge in [0, 0.05) is 38.5 Å². The Labute approximate surface area is 165 Å². The lowest BCUT2D eigenvalue weighted by atomic mass is 10.1. The van der Waals surface area contributed by atoms with E-state index in [2.05, 4.69) is 0 Å². The first-order valence-electron chi connectivity index (χ1n) is 9.12. The molecule has 0 bridgehead atoms. The number of piperazine rings is 1. The Balaban J connectivity index is 1.77. The minimum absolute atomic E-state index is 0.00929. The number of esters is 1. The van der Waals surface area contributed by atoms with Crippen LogP contribution >= 0.6 is 11.8 Å². The number of nitrogens with zero attached hydrogens (tertiary/aromatic N) is 3. The maximum atomic E-state index is 14.9. The Morgan fingerprint density at radius 3 is 2.50 bits per heavy atom. The van der Waals surface area contributed by atoms with E-state index < -0.39 is 17.2 Å². The van der Waals surface area contributed by atoms with Gasteiger partial charge < -0.3 is 19.1 Å². The largest absolute Gasteiger partial charge is 0.462 e. The number of ether oxygens (including phenoxy) is 1. The lowest BCUT2D eigenvalue weighted by Crippen LogP contribution is -2.48. The Morgan fingerprint density at radius 2 is 1.93 bits per heavy atom.